The Balaban J connectivity index is 1.85. The summed E-state index contributed by atoms with van der Waals surface area (Å²) >= 11 is 3.49. The number of nitrogens with one attached hydrogen (secondary N) is 1. The van der Waals surface area contributed by atoms with Crippen molar-refractivity contribution >= 4 is 27.7 Å². The molecule has 1 fully saturated rings. The summed E-state index contributed by atoms with van der Waals surface area (Å²) in [4.78, 5) is 31.9. The molecule has 1 N–H and O–H groups in total. The first-order chi connectivity index (χ1) is 12.6. The molecule has 6 nitrogen and oxygen atoms in total. The predicted molar refractivity (Wildman–Crippen MR) is 97.2 cm³/mol. The molecule has 136 valence electrons. The zero-order chi connectivity index (χ0) is 18.3. The highest BCUT2D eigenvalue weighted by Crippen LogP contribution is 2.41. The van der Waals surface area contributed by atoms with E-state index in [0.717, 1.165) is 23.0 Å². The molecule has 2 aromatic rings. The zero-order valence-electron chi connectivity index (χ0n) is 14.0. The Morgan fingerprint density at radius 2 is 2.27 bits per heavy atom. The number of imidazole rings is 1. The topological polar surface area (TPSA) is 67.2 Å². The molecule has 2 amide bonds. The maximum absolute atomic E-state index is 13.1. The van der Waals surface area contributed by atoms with E-state index in [4.69, 9.17) is 0 Å². The SMILES string of the molecule is O=C(NCCCF)c1ncn2c1[C@@H]1CCCN1C(=O)c1c(Br)cccc1-2. The minimum Gasteiger partial charge on any atom is -0.351 e. The van der Waals surface area contributed by atoms with Gasteiger partial charge in [-0.05, 0) is 47.3 Å². The molecule has 1 saturated heterocycles. The smallest absolute Gasteiger partial charge is 0.271 e. The van der Waals surface area contributed by atoms with Gasteiger partial charge in [-0.15, -0.1) is 0 Å². The van der Waals surface area contributed by atoms with Gasteiger partial charge in [0.15, 0.2) is 5.69 Å². The molecular formula is C18H18BrFN4O2. The van der Waals surface area contributed by atoms with Gasteiger partial charge in [0.2, 0.25) is 0 Å². The molecule has 8 heteroatoms. The average molecular weight is 421 g/mol. The Labute approximate surface area is 158 Å². The molecule has 26 heavy (non-hydrogen) atoms. The quantitative estimate of drug-likeness (QED) is 0.772. The third-order valence-electron chi connectivity index (χ3n) is 4.91. The third kappa shape index (κ3) is 2.63. The van der Waals surface area contributed by atoms with Crippen LogP contribution >= 0.6 is 15.9 Å². The van der Waals surface area contributed by atoms with Crippen LogP contribution in [-0.2, 0) is 0 Å². The van der Waals surface area contributed by atoms with Crippen LogP contribution in [0.1, 0.15) is 51.8 Å². The first kappa shape index (κ1) is 17.2. The van der Waals surface area contributed by atoms with Gasteiger partial charge in [0.25, 0.3) is 11.8 Å². The Kier molecular flexibility index (Phi) is 4.52. The molecule has 2 aliphatic heterocycles. The van der Waals surface area contributed by atoms with E-state index < -0.39 is 6.67 Å². The summed E-state index contributed by atoms with van der Waals surface area (Å²) in [6.07, 6.45) is 3.53. The fourth-order valence-electron chi connectivity index (χ4n) is 3.76. The Morgan fingerprint density at radius 3 is 3.08 bits per heavy atom. The normalized spacial score (nSPS) is 18.2. The lowest BCUT2D eigenvalue weighted by molar-refractivity contribution is 0.0734. The second-order valence-corrected chi connectivity index (χ2v) is 7.29. The van der Waals surface area contributed by atoms with E-state index >= 15 is 0 Å². The number of rotatable bonds is 4. The number of aromatic nitrogens is 2. The van der Waals surface area contributed by atoms with E-state index in [1.165, 1.54) is 0 Å². The van der Waals surface area contributed by atoms with E-state index in [1.54, 1.807) is 6.33 Å². The van der Waals surface area contributed by atoms with Crippen molar-refractivity contribution in [3.05, 3.63) is 46.0 Å². The van der Waals surface area contributed by atoms with Crippen molar-refractivity contribution in [2.24, 2.45) is 0 Å². The van der Waals surface area contributed by atoms with Crippen LogP contribution in [0.25, 0.3) is 5.69 Å². The summed E-state index contributed by atoms with van der Waals surface area (Å²) in [5.74, 6) is -0.368. The van der Waals surface area contributed by atoms with Crippen molar-refractivity contribution in [2.75, 3.05) is 19.8 Å². The Hall–Kier alpha value is -2.22. The standard InChI is InChI=1S/C18H18BrFN4O2/c19-11-4-1-5-12-14(11)18(26)23-9-2-6-13(23)16-15(22-10-24(12)16)17(25)21-8-3-7-20/h1,4-5,10,13H,2-3,6-9H2,(H,21,25)/t13-/m0/s1. The molecule has 0 bridgehead atoms. The number of carbonyl (C=O) groups is 2. The summed E-state index contributed by atoms with van der Waals surface area (Å²) in [6.45, 7) is 0.434. The van der Waals surface area contributed by atoms with Crippen LogP contribution in [0, 0.1) is 0 Å². The van der Waals surface area contributed by atoms with Crippen LogP contribution < -0.4 is 5.32 Å². The molecule has 1 aromatic carbocycles. The second kappa shape index (κ2) is 6.83. The van der Waals surface area contributed by atoms with Gasteiger partial charge < -0.3 is 10.2 Å². The lowest BCUT2D eigenvalue weighted by Gasteiger charge is -2.23. The minimum atomic E-state index is -0.478. The first-order valence-electron chi connectivity index (χ1n) is 8.64. The number of hydrogen-bond acceptors (Lipinski definition) is 3. The number of fused-ring (bicyclic) bond motifs is 5. The molecule has 0 aliphatic carbocycles. The number of amides is 2. The van der Waals surface area contributed by atoms with Gasteiger partial charge in [0, 0.05) is 17.6 Å². The zero-order valence-corrected chi connectivity index (χ0v) is 15.6. The molecule has 4 rings (SSSR count). The van der Waals surface area contributed by atoms with Crippen molar-refractivity contribution in [1.29, 1.82) is 0 Å². The summed E-state index contributed by atoms with van der Waals surface area (Å²) in [5.41, 5.74) is 2.33. The molecule has 0 radical (unpaired) electrons. The molecule has 0 unspecified atom stereocenters. The van der Waals surface area contributed by atoms with Crippen LogP contribution in [0.4, 0.5) is 4.39 Å². The van der Waals surface area contributed by atoms with Gasteiger partial charge in [-0.2, -0.15) is 0 Å². The Morgan fingerprint density at radius 1 is 1.42 bits per heavy atom. The molecule has 0 spiro atoms. The largest absolute Gasteiger partial charge is 0.351 e. The minimum absolute atomic E-state index is 0.0394. The predicted octanol–water partition coefficient (Wildman–Crippen LogP) is 3.01. The molecule has 3 heterocycles. The summed E-state index contributed by atoms with van der Waals surface area (Å²) in [7, 11) is 0. The summed E-state index contributed by atoms with van der Waals surface area (Å²) < 4.78 is 14.9. The summed E-state index contributed by atoms with van der Waals surface area (Å²) in [6, 6.07) is 5.37. The highest BCUT2D eigenvalue weighted by molar-refractivity contribution is 9.10. The van der Waals surface area contributed by atoms with Crippen molar-refractivity contribution in [1.82, 2.24) is 19.8 Å². The van der Waals surface area contributed by atoms with Crippen LogP contribution in [0.3, 0.4) is 0 Å². The van der Waals surface area contributed by atoms with Crippen LogP contribution in [0.15, 0.2) is 29.0 Å². The molecular weight excluding hydrogens is 403 g/mol. The maximum atomic E-state index is 13.1. The highest BCUT2D eigenvalue weighted by atomic mass is 79.9. The second-order valence-electron chi connectivity index (χ2n) is 6.44. The van der Waals surface area contributed by atoms with Gasteiger partial charge in [0.1, 0.15) is 6.33 Å². The van der Waals surface area contributed by atoms with Crippen molar-refractivity contribution in [3.8, 4) is 5.69 Å². The van der Waals surface area contributed by atoms with Crippen LogP contribution in [0.2, 0.25) is 0 Å². The van der Waals surface area contributed by atoms with Crippen LogP contribution in [0.5, 0.6) is 0 Å². The van der Waals surface area contributed by atoms with E-state index in [2.05, 4.69) is 26.2 Å². The monoisotopic (exact) mass is 420 g/mol. The van der Waals surface area contributed by atoms with E-state index in [0.29, 0.717) is 23.5 Å². The number of hydrogen-bond donors (Lipinski definition) is 1. The number of nitrogens with zero attached hydrogens (tertiary/aromatic N) is 3. The van der Waals surface area contributed by atoms with Gasteiger partial charge in [-0.1, -0.05) is 6.07 Å². The van der Waals surface area contributed by atoms with Crippen molar-refractivity contribution in [2.45, 2.75) is 25.3 Å². The van der Waals surface area contributed by atoms with Gasteiger partial charge in [0.05, 0.1) is 29.7 Å². The van der Waals surface area contributed by atoms with E-state index in [-0.39, 0.29) is 30.8 Å². The fraction of sp³-hybridized carbons (Fsp3) is 0.389. The molecule has 1 aromatic heterocycles. The van der Waals surface area contributed by atoms with E-state index in [1.807, 2.05) is 27.7 Å². The Bertz CT molecular complexity index is 882. The highest BCUT2D eigenvalue weighted by Gasteiger charge is 2.40. The molecule has 0 saturated carbocycles. The van der Waals surface area contributed by atoms with E-state index in [9.17, 15) is 14.0 Å². The number of alkyl halides is 1. The molecule has 2 aliphatic rings. The van der Waals surface area contributed by atoms with Crippen molar-refractivity contribution < 1.29 is 14.0 Å². The summed E-state index contributed by atoms with van der Waals surface area (Å²) in [5, 5.41) is 2.72. The number of benzene rings is 1. The average Bonchev–Trinajstić information content (AvgIpc) is 3.25. The van der Waals surface area contributed by atoms with Gasteiger partial charge in [-0.3, -0.25) is 18.5 Å². The fourth-order valence-corrected chi connectivity index (χ4v) is 4.28. The van der Waals surface area contributed by atoms with Gasteiger partial charge in [-0.25, -0.2) is 4.98 Å². The number of halogens is 2. The van der Waals surface area contributed by atoms with Crippen molar-refractivity contribution in [3.63, 3.8) is 0 Å². The first-order valence-corrected chi connectivity index (χ1v) is 9.44. The lowest BCUT2D eigenvalue weighted by Crippen LogP contribution is -2.32. The van der Waals surface area contributed by atoms with Crippen LogP contribution in [-0.4, -0.2) is 46.0 Å². The third-order valence-corrected chi connectivity index (χ3v) is 5.57. The molecule has 1 atom stereocenters. The maximum Gasteiger partial charge on any atom is 0.271 e. The van der Waals surface area contributed by atoms with Gasteiger partial charge >= 0.3 is 0 Å². The number of carbonyl (C=O) groups excluding carboxylic acids is 2. The lowest BCUT2D eigenvalue weighted by atomic mass is 10.1.